The molecule has 34 heavy (non-hydrogen) atoms. The predicted molar refractivity (Wildman–Crippen MR) is 157 cm³/mol. The molecule has 0 fully saturated rings. The largest absolute Gasteiger partial charge is 0.0878 e. The van der Waals surface area contributed by atoms with E-state index >= 15 is 0 Å². The van der Waals surface area contributed by atoms with E-state index in [-0.39, 0.29) is 0 Å². The lowest BCUT2D eigenvalue weighted by molar-refractivity contribution is 1.60. The van der Waals surface area contributed by atoms with Gasteiger partial charge in [0, 0.05) is 9.81 Å². The molecule has 2 heterocycles. The van der Waals surface area contributed by atoms with Gasteiger partial charge in [-0.3, -0.25) is 0 Å². The lowest BCUT2D eigenvalue weighted by atomic mass is 10.0. The maximum Gasteiger partial charge on any atom is 0.0700 e. The van der Waals surface area contributed by atoms with Gasteiger partial charge in [0.05, 0.1) is 8.47 Å². The number of thioether (sulfide) groups is 4. The smallest absolute Gasteiger partial charge is 0.0700 e. The van der Waals surface area contributed by atoms with Crippen molar-refractivity contribution in [2.45, 2.75) is 0 Å². The molecule has 2 aliphatic heterocycles. The molecule has 6 rings (SSSR count). The van der Waals surface area contributed by atoms with Crippen LogP contribution in [-0.2, 0) is 0 Å². The fourth-order valence-corrected chi connectivity index (χ4v) is 8.79. The molecule has 0 unspecified atom stereocenters. The average molecular weight is 509 g/mol. The summed E-state index contributed by atoms with van der Waals surface area (Å²) in [5, 5.41) is 4.58. The quantitative estimate of drug-likeness (QED) is 0.269. The SMILES string of the molecule is C1=C(c2ccc(-c3ccccc3)cc2)S/C(=C2\SC=C(c3ccc(-c4ccccc4)cc3)S2)S1. The molecule has 0 aliphatic carbocycles. The summed E-state index contributed by atoms with van der Waals surface area (Å²) < 4.78 is 2.76. The Morgan fingerprint density at radius 3 is 1.03 bits per heavy atom. The third-order valence-electron chi connectivity index (χ3n) is 5.67. The summed E-state index contributed by atoms with van der Waals surface area (Å²) in [7, 11) is 0. The second-order valence-corrected chi connectivity index (χ2v) is 12.2. The van der Waals surface area contributed by atoms with Gasteiger partial charge in [0.2, 0.25) is 0 Å². The lowest BCUT2D eigenvalue weighted by Crippen LogP contribution is -1.81. The van der Waals surface area contributed by atoms with Crippen LogP contribution in [0.25, 0.3) is 32.1 Å². The van der Waals surface area contributed by atoms with Crippen molar-refractivity contribution in [3.63, 3.8) is 0 Å². The zero-order valence-corrected chi connectivity index (χ0v) is 21.4. The van der Waals surface area contributed by atoms with Crippen LogP contribution < -0.4 is 0 Å². The number of benzene rings is 4. The first-order valence-electron chi connectivity index (χ1n) is 11.0. The van der Waals surface area contributed by atoms with Crippen molar-refractivity contribution in [3.05, 3.63) is 140 Å². The molecule has 0 radical (unpaired) electrons. The summed E-state index contributed by atoms with van der Waals surface area (Å²) in [4.78, 5) is 2.66. The molecule has 164 valence electrons. The van der Waals surface area contributed by atoms with Gasteiger partial charge < -0.3 is 0 Å². The second-order valence-electron chi connectivity index (χ2n) is 7.87. The highest BCUT2D eigenvalue weighted by Gasteiger charge is 2.23. The van der Waals surface area contributed by atoms with Crippen LogP contribution in [0.3, 0.4) is 0 Å². The van der Waals surface area contributed by atoms with Gasteiger partial charge in [0.25, 0.3) is 0 Å². The van der Waals surface area contributed by atoms with E-state index in [1.807, 2.05) is 47.0 Å². The van der Waals surface area contributed by atoms with Gasteiger partial charge in [-0.05, 0) is 44.2 Å². The Kier molecular flexibility index (Phi) is 6.47. The monoisotopic (exact) mass is 508 g/mol. The molecule has 4 aromatic carbocycles. The summed E-state index contributed by atoms with van der Waals surface area (Å²) in [6.45, 7) is 0. The number of hydrogen-bond acceptors (Lipinski definition) is 4. The van der Waals surface area contributed by atoms with E-state index in [2.05, 4.69) is 120 Å². The first-order valence-corrected chi connectivity index (χ1v) is 14.4. The van der Waals surface area contributed by atoms with Gasteiger partial charge in [0.1, 0.15) is 0 Å². The van der Waals surface area contributed by atoms with Crippen molar-refractivity contribution in [1.29, 1.82) is 0 Å². The highest BCUT2D eigenvalue weighted by atomic mass is 32.2. The van der Waals surface area contributed by atoms with Crippen molar-refractivity contribution < 1.29 is 0 Å². The summed E-state index contributed by atoms with van der Waals surface area (Å²) >= 11 is 7.47. The Bertz CT molecular complexity index is 1290. The third-order valence-corrected chi connectivity index (χ3v) is 11.0. The minimum absolute atomic E-state index is 1.26. The van der Waals surface area contributed by atoms with Crippen molar-refractivity contribution in [1.82, 2.24) is 0 Å². The first kappa shape index (κ1) is 22.0. The molecule has 0 N–H and O–H groups in total. The average Bonchev–Trinajstić information content (AvgIpc) is 3.61. The highest BCUT2D eigenvalue weighted by Crippen LogP contribution is 2.58. The molecule has 4 aromatic rings. The molecule has 0 spiro atoms. The van der Waals surface area contributed by atoms with Crippen LogP contribution in [0.2, 0.25) is 0 Å². The Labute approximate surface area is 217 Å². The molecule has 0 aromatic heterocycles. The van der Waals surface area contributed by atoms with Gasteiger partial charge >= 0.3 is 0 Å². The standard InChI is InChI=1S/C30H20S4/c1-3-7-21(8-4-1)23-11-15-25(16-12-23)27-19-31-29(33-27)30-32-20-28(34-30)26-17-13-24(14-18-26)22-9-5-2-6-10-22/h1-20H/b30-29+. The van der Waals surface area contributed by atoms with E-state index in [1.54, 1.807) is 0 Å². The molecule has 0 amide bonds. The second kappa shape index (κ2) is 10.0. The van der Waals surface area contributed by atoms with Crippen LogP contribution in [0.15, 0.2) is 128 Å². The van der Waals surface area contributed by atoms with Gasteiger partial charge in [-0.15, -0.1) is 0 Å². The minimum Gasteiger partial charge on any atom is -0.0878 e. The van der Waals surface area contributed by atoms with Gasteiger partial charge in [-0.1, -0.05) is 156 Å². The summed E-state index contributed by atoms with van der Waals surface area (Å²) in [6.07, 6.45) is 0. The van der Waals surface area contributed by atoms with Crippen LogP contribution in [0, 0.1) is 0 Å². The maximum atomic E-state index is 2.29. The first-order chi connectivity index (χ1) is 16.8. The zero-order valence-electron chi connectivity index (χ0n) is 18.2. The molecular weight excluding hydrogens is 489 g/mol. The van der Waals surface area contributed by atoms with Crippen molar-refractivity contribution in [2.24, 2.45) is 0 Å². The minimum atomic E-state index is 1.26. The van der Waals surface area contributed by atoms with Crippen LogP contribution in [0.1, 0.15) is 11.1 Å². The number of hydrogen-bond donors (Lipinski definition) is 0. The lowest BCUT2D eigenvalue weighted by Gasteiger charge is -2.07. The fourth-order valence-electron chi connectivity index (χ4n) is 3.86. The summed E-state index contributed by atoms with van der Waals surface area (Å²) in [6, 6.07) is 38.9. The molecular formula is C30H20S4. The third kappa shape index (κ3) is 4.69. The van der Waals surface area contributed by atoms with E-state index in [0.29, 0.717) is 0 Å². The predicted octanol–water partition coefficient (Wildman–Crippen LogP) is 10.4. The Morgan fingerprint density at radius 2 is 0.647 bits per heavy atom. The van der Waals surface area contributed by atoms with Crippen LogP contribution in [0.5, 0.6) is 0 Å². The molecule has 0 saturated carbocycles. The Morgan fingerprint density at radius 1 is 0.324 bits per heavy atom. The van der Waals surface area contributed by atoms with Crippen molar-refractivity contribution >= 4 is 56.9 Å². The van der Waals surface area contributed by atoms with Gasteiger partial charge in [0.15, 0.2) is 0 Å². The molecule has 4 heteroatoms. The van der Waals surface area contributed by atoms with E-state index in [0.717, 1.165) is 0 Å². The Hall–Kier alpha value is -2.50. The molecule has 2 aliphatic rings. The molecule has 0 saturated heterocycles. The fraction of sp³-hybridized carbons (Fsp3) is 0. The van der Waals surface area contributed by atoms with Crippen molar-refractivity contribution in [3.8, 4) is 22.3 Å². The van der Waals surface area contributed by atoms with E-state index in [9.17, 15) is 0 Å². The summed E-state index contributed by atoms with van der Waals surface area (Å²) in [5.41, 5.74) is 7.60. The highest BCUT2D eigenvalue weighted by molar-refractivity contribution is 8.36. The molecule has 0 nitrogen and oxygen atoms in total. The van der Waals surface area contributed by atoms with E-state index < -0.39 is 0 Å². The zero-order chi connectivity index (χ0) is 22.7. The topological polar surface area (TPSA) is 0 Å². The number of rotatable bonds is 4. The van der Waals surface area contributed by atoms with Gasteiger partial charge in [-0.25, -0.2) is 0 Å². The maximum absolute atomic E-state index is 2.29. The molecule has 0 atom stereocenters. The van der Waals surface area contributed by atoms with E-state index in [1.165, 1.54) is 51.7 Å². The van der Waals surface area contributed by atoms with Crippen LogP contribution in [-0.4, -0.2) is 0 Å². The van der Waals surface area contributed by atoms with Crippen LogP contribution in [0.4, 0.5) is 0 Å². The Balaban J connectivity index is 1.13. The van der Waals surface area contributed by atoms with E-state index in [4.69, 9.17) is 0 Å². The summed E-state index contributed by atoms with van der Waals surface area (Å²) in [5.74, 6) is 0. The normalized spacial score (nSPS) is 17.5. The molecule has 0 bridgehead atoms. The van der Waals surface area contributed by atoms with Crippen LogP contribution >= 0.6 is 47.0 Å². The van der Waals surface area contributed by atoms with Crippen molar-refractivity contribution in [2.75, 3.05) is 0 Å². The van der Waals surface area contributed by atoms with Gasteiger partial charge in [-0.2, -0.15) is 0 Å².